The summed E-state index contributed by atoms with van der Waals surface area (Å²) >= 11 is 0. The number of amides is 1. The minimum atomic E-state index is -0.624. The Balaban J connectivity index is 1.83. The quantitative estimate of drug-likeness (QED) is 0.351. The lowest BCUT2D eigenvalue weighted by Gasteiger charge is -2.18. The molecular formula is C19H19N3O6. The molecule has 1 heterocycles. The first-order valence-corrected chi connectivity index (χ1v) is 8.67. The second-order valence-electron chi connectivity index (χ2n) is 6.33. The van der Waals surface area contributed by atoms with Crippen molar-refractivity contribution in [3.8, 4) is 5.75 Å². The summed E-state index contributed by atoms with van der Waals surface area (Å²) in [6, 6.07) is 8.21. The van der Waals surface area contributed by atoms with E-state index in [1.165, 1.54) is 37.4 Å². The van der Waals surface area contributed by atoms with Gasteiger partial charge in [0.15, 0.2) is 0 Å². The number of hydrogen-bond donors (Lipinski definition) is 2. The molecule has 0 unspecified atom stereocenters. The Labute approximate surface area is 160 Å². The number of anilines is 2. The van der Waals surface area contributed by atoms with E-state index in [2.05, 4.69) is 10.1 Å². The zero-order chi connectivity index (χ0) is 20.3. The SMILES string of the molecule is COC(=O)c1ccc(NC(=O)c2ccc(N3CCCC3)c([N+](=O)[O-])c2)c(O)c1. The third-order valence-electron chi connectivity index (χ3n) is 4.55. The number of ether oxygens (including phenoxy) is 1. The maximum absolute atomic E-state index is 12.5. The normalized spacial score (nSPS) is 13.2. The summed E-state index contributed by atoms with van der Waals surface area (Å²) in [5.41, 5.74) is 0.641. The monoisotopic (exact) mass is 385 g/mol. The van der Waals surface area contributed by atoms with Gasteiger partial charge in [-0.3, -0.25) is 14.9 Å². The lowest BCUT2D eigenvalue weighted by atomic mass is 10.1. The molecule has 1 aliphatic heterocycles. The number of benzene rings is 2. The zero-order valence-electron chi connectivity index (χ0n) is 15.2. The lowest BCUT2D eigenvalue weighted by Crippen LogP contribution is -2.20. The molecule has 2 aromatic carbocycles. The third kappa shape index (κ3) is 3.88. The van der Waals surface area contributed by atoms with E-state index in [9.17, 15) is 24.8 Å². The molecule has 0 radical (unpaired) electrons. The number of phenolic OH excluding ortho intramolecular Hbond substituents is 1. The van der Waals surface area contributed by atoms with Crippen molar-refractivity contribution in [1.82, 2.24) is 0 Å². The predicted molar refractivity (Wildman–Crippen MR) is 102 cm³/mol. The number of carbonyl (C=O) groups is 2. The molecule has 1 amide bonds. The van der Waals surface area contributed by atoms with Gasteiger partial charge in [-0.15, -0.1) is 0 Å². The number of hydrogen-bond acceptors (Lipinski definition) is 7. The van der Waals surface area contributed by atoms with Crippen LogP contribution in [0.15, 0.2) is 36.4 Å². The van der Waals surface area contributed by atoms with E-state index in [1.54, 1.807) is 6.07 Å². The average Bonchev–Trinajstić information content (AvgIpc) is 3.22. The number of nitro groups is 1. The van der Waals surface area contributed by atoms with Gasteiger partial charge in [-0.2, -0.15) is 0 Å². The number of carbonyl (C=O) groups excluding carboxylic acids is 2. The Kier molecular flexibility index (Phi) is 5.44. The Hall–Kier alpha value is -3.62. The molecule has 0 saturated carbocycles. The van der Waals surface area contributed by atoms with Crippen LogP contribution in [-0.2, 0) is 4.74 Å². The molecule has 146 valence electrons. The molecule has 3 rings (SSSR count). The van der Waals surface area contributed by atoms with Crippen molar-refractivity contribution in [3.05, 3.63) is 57.6 Å². The number of rotatable bonds is 5. The highest BCUT2D eigenvalue weighted by atomic mass is 16.6. The fraction of sp³-hybridized carbons (Fsp3) is 0.263. The number of nitrogens with zero attached hydrogens (tertiary/aromatic N) is 2. The summed E-state index contributed by atoms with van der Waals surface area (Å²) in [4.78, 5) is 36.9. The minimum absolute atomic E-state index is 0.0731. The molecule has 1 saturated heterocycles. The van der Waals surface area contributed by atoms with Gasteiger partial charge >= 0.3 is 5.97 Å². The summed E-state index contributed by atoms with van der Waals surface area (Å²) in [7, 11) is 1.22. The molecule has 2 aromatic rings. The van der Waals surface area contributed by atoms with E-state index < -0.39 is 16.8 Å². The molecule has 0 atom stereocenters. The van der Waals surface area contributed by atoms with Crippen molar-refractivity contribution in [2.45, 2.75) is 12.8 Å². The molecule has 28 heavy (non-hydrogen) atoms. The Morgan fingerprint density at radius 3 is 2.43 bits per heavy atom. The number of nitro benzene ring substituents is 1. The topological polar surface area (TPSA) is 122 Å². The zero-order valence-corrected chi connectivity index (χ0v) is 15.2. The predicted octanol–water partition coefficient (Wildman–Crippen LogP) is 2.94. The van der Waals surface area contributed by atoms with E-state index in [-0.39, 0.29) is 28.3 Å². The van der Waals surface area contributed by atoms with Crippen molar-refractivity contribution < 1.29 is 24.4 Å². The Bertz CT molecular complexity index is 937. The first kappa shape index (κ1) is 19.2. The van der Waals surface area contributed by atoms with Crippen LogP contribution in [0, 0.1) is 10.1 Å². The van der Waals surface area contributed by atoms with E-state index in [4.69, 9.17) is 0 Å². The van der Waals surface area contributed by atoms with Crippen molar-refractivity contribution >= 4 is 28.9 Å². The fourth-order valence-corrected chi connectivity index (χ4v) is 3.11. The second kappa shape index (κ2) is 7.95. The van der Waals surface area contributed by atoms with Crippen LogP contribution in [0.4, 0.5) is 17.1 Å². The minimum Gasteiger partial charge on any atom is -0.506 e. The van der Waals surface area contributed by atoms with Gasteiger partial charge < -0.3 is 20.1 Å². The molecule has 2 N–H and O–H groups in total. The third-order valence-corrected chi connectivity index (χ3v) is 4.55. The van der Waals surface area contributed by atoms with Crippen molar-refractivity contribution in [1.29, 1.82) is 0 Å². The maximum Gasteiger partial charge on any atom is 0.337 e. The number of nitrogens with one attached hydrogen (secondary N) is 1. The summed E-state index contributed by atoms with van der Waals surface area (Å²) in [6.45, 7) is 1.49. The van der Waals surface area contributed by atoms with Crippen LogP contribution >= 0.6 is 0 Å². The van der Waals surface area contributed by atoms with Gasteiger partial charge in [-0.05, 0) is 43.2 Å². The molecule has 9 nitrogen and oxygen atoms in total. The van der Waals surface area contributed by atoms with Crippen LogP contribution < -0.4 is 10.2 Å². The first-order valence-electron chi connectivity index (χ1n) is 8.67. The van der Waals surface area contributed by atoms with Crippen molar-refractivity contribution in [3.63, 3.8) is 0 Å². The Morgan fingerprint density at radius 2 is 1.82 bits per heavy atom. The molecule has 0 aromatic heterocycles. The van der Waals surface area contributed by atoms with Crippen LogP contribution in [0.5, 0.6) is 5.75 Å². The first-order chi connectivity index (χ1) is 13.4. The van der Waals surface area contributed by atoms with Crippen LogP contribution in [0.3, 0.4) is 0 Å². The van der Waals surface area contributed by atoms with Gasteiger partial charge in [0.05, 0.1) is 23.3 Å². The van der Waals surface area contributed by atoms with Crippen LogP contribution in [0.1, 0.15) is 33.6 Å². The lowest BCUT2D eigenvalue weighted by molar-refractivity contribution is -0.384. The smallest absolute Gasteiger partial charge is 0.337 e. The average molecular weight is 385 g/mol. The van der Waals surface area contributed by atoms with Gasteiger partial charge in [0.25, 0.3) is 11.6 Å². The summed E-state index contributed by atoms with van der Waals surface area (Å²) in [6.07, 6.45) is 1.94. The largest absolute Gasteiger partial charge is 0.506 e. The summed E-state index contributed by atoms with van der Waals surface area (Å²) < 4.78 is 4.57. The van der Waals surface area contributed by atoms with Gasteiger partial charge in [-0.1, -0.05) is 0 Å². The fourth-order valence-electron chi connectivity index (χ4n) is 3.11. The van der Waals surface area contributed by atoms with Gasteiger partial charge in [0, 0.05) is 24.7 Å². The molecule has 0 bridgehead atoms. The van der Waals surface area contributed by atoms with Gasteiger partial charge in [0.2, 0.25) is 0 Å². The van der Waals surface area contributed by atoms with Crippen LogP contribution in [0.2, 0.25) is 0 Å². The molecule has 1 aliphatic rings. The van der Waals surface area contributed by atoms with E-state index in [1.807, 2.05) is 4.90 Å². The van der Waals surface area contributed by atoms with Crippen LogP contribution in [-0.4, -0.2) is 42.1 Å². The summed E-state index contributed by atoms with van der Waals surface area (Å²) in [5, 5.41) is 24.0. The Morgan fingerprint density at radius 1 is 1.14 bits per heavy atom. The highest BCUT2D eigenvalue weighted by Crippen LogP contribution is 2.32. The van der Waals surface area contributed by atoms with E-state index in [0.29, 0.717) is 5.69 Å². The van der Waals surface area contributed by atoms with E-state index >= 15 is 0 Å². The van der Waals surface area contributed by atoms with Crippen molar-refractivity contribution in [2.75, 3.05) is 30.4 Å². The second-order valence-corrected chi connectivity index (χ2v) is 6.33. The number of phenols is 1. The maximum atomic E-state index is 12.5. The standard InChI is InChI=1S/C19H19N3O6/c1-28-19(25)13-4-6-14(17(23)11-13)20-18(24)12-5-7-15(16(10-12)22(26)27)21-8-2-3-9-21/h4-7,10-11,23H,2-3,8-9H2,1H3,(H,20,24). The summed E-state index contributed by atoms with van der Waals surface area (Å²) in [5.74, 6) is -1.56. The molecular weight excluding hydrogens is 366 g/mol. The highest BCUT2D eigenvalue weighted by Gasteiger charge is 2.24. The number of aromatic hydroxyl groups is 1. The molecule has 9 heteroatoms. The highest BCUT2D eigenvalue weighted by molar-refractivity contribution is 6.06. The van der Waals surface area contributed by atoms with Gasteiger partial charge in [-0.25, -0.2) is 4.79 Å². The number of esters is 1. The van der Waals surface area contributed by atoms with Crippen molar-refractivity contribution in [2.24, 2.45) is 0 Å². The van der Waals surface area contributed by atoms with Gasteiger partial charge in [0.1, 0.15) is 11.4 Å². The molecule has 0 aliphatic carbocycles. The number of methoxy groups -OCH3 is 1. The van der Waals surface area contributed by atoms with E-state index in [0.717, 1.165) is 25.9 Å². The van der Waals surface area contributed by atoms with Crippen LogP contribution in [0.25, 0.3) is 0 Å². The molecule has 1 fully saturated rings. The molecule has 0 spiro atoms.